The maximum absolute atomic E-state index is 12.5. The Bertz CT molecular complexity index is 834. The minimum atomic E-state index is -0.257. The number of nitrogens with one attached hydrogen (secondary N) is 1. The highest BCUT2D eigenvalue weighted by atomic mass is 16.5. The molecule has 0 radical (unpaired) electrons. The Morgan fingerprint density at radius 1 is 1.17 bits per heavy atom. The molecule has 0 saturated carbocycles. The van der Waals surface area contributed by atoms with Crippen LogP contribution in [-0.4, -0.2) is 23.0 Å². The minimum Gasteiger partial charge on any atom is -0.481 e. The van der Waals surface area contributed by atoms with E-state index in [2.05, 4.69) is 15.3 Å². The lowest BCUT2D eigenvalue weighted by Gasteiger charge is -2.14. The van der Waals surface area contributed by atoms with Crippen molar-refractivity contribution in [1.82, 2.24) is 15.3 Å². The largest absolute Gasteiger partial charge is 0.481 e. The van der Waals surface area contributed by atoms with Crippen molar-refractivity contribution in [2.45, 2.75) is 13.0 Å². The molecular formula is C18H17N3O2. The summed E-state index contributed by atoms with van der Waals surface area (Å²) in [7, 11) is 1.55. The van der Waals surface area contributed by atoms with E-state index >= 15 is 0 Å². The van der Waals surface area contributed by atoms with Gasteiger partial charge in [-0.2, -0.15) is 0 Å². The van der Waals surface area contributed by atoms with Crippen LogP contribution in [0.15, 0.2) is 54.7 Å². The van der Waals surface area contributed by atoms with Gasteiger partial charge in [0.1, 0.15) is 5.69 Å². The Morgan fingerprint density at radius 2 is 1.96 bits per heavy atom. The molecule has 1 N–H and O–H groups in total. The molecule has 5 nitrogen and oxygen atoms in total. The quantitative estimate of drug-likeness (QED) is 0.804. The highest BCUT2D eigenvalue weighted by molar-refractivity contribution is 5.98. The molecule has 0 fully saturated rings. The van der Waals surface area contributed by atoms with Crippen molar-refractivity contribution in [3.63, 3.8) is 0 Å². The summed E-state index contributed by atoms with van der Waals surface area (Å²) in [5.41, 5.74) is 1.12. The Morgan fingerprint density at radius 3 is 2.70 bits per heavy atom. The molecular weight excluding hydrogens is 290 g/mol. The molecule has 1 aromatic carbocycles. The monoisotopic (exact) mass is 307 g/mol. The third-order valence-electron chi connectivity index (χ3n) is 3.61. The van der Waals surface area contributed by atoms with Crippen molar-refractivity contribution in [1.29, 1.82) is 0 Å². The number of amides is 1. The fraction of sp³-hybridized carbons (Fsp3) is 0.167. The van der Waals surface area contributed by atoms with Gasteiger partial charge in [0.05, 0.1) is 18.8 Å². The molecule has 3 rings (SSSR count). The second-order valence-corrected chi connectivity index (χ2v) is 5.19. The molecule has 0 spiro atoms. The molecule has 1 atom stereocenters. The molecule has 0 bridgehead atoms. The zero-order chi connectivity index (χ0) is 16.2. The molecule has 5 heteroatoms. The highest BCUT2D eigenvalue weighted by Crippen LogP contribution is 2.24. The Hall–Kier alpha value is -2.95. The van der Waals surface area contributed by atoms with Gasteiger partial charge in [-0.15, -0.1) is 0 Å². The smallest absolute Gasteiger partial charge is 0.270 e. The Balaban J connectivity index is 1.89. The van der Waals surface area contributed by atoms with Gasteiger partial charge in [-0.3, -0.25) is 9.78 Å². The number of methoxy groups -OCH3 is 1. The molecule has 2 heterocycles. The van der Waals surface area contributed by atoms with Crippen molar-refractivity contribution in [2.75, 3.05) is 7.11 Å². The number of ether oxygens (including phenoxy) is 1. The zero-order valence-electron chi connectivity index (χ0n) is 13.0. The van der Waals surface area contributed by atoms with Gasteiger partial charge in [-0.05, 0) is 36.6 Å². The van der Waals surface area contributed by atoms with Gasteiger partial charge in [-0.1, -0.05) is 24.3 Å². The van der Waals surface area contributed by atoms with Crippen LogP contribution in [-0.2, 0) is 0 Å². The summed E-state index contributed by atoms with van der Waals surface area (Å²) < 4.78 is 5.30. The minimum absolute atomic E-state index is 0.206. The van der Waals surface area contributed by atoms with Crippen LogP contribution in [0, 0.1) is 0 Å². The number of pyridine rings is 2. The molecule has 1 unspecified atom stereocenters. The number of hydrogen-bond donors (Lipinski definition) is 1. The molecule has 0 aliphatic rings. The van der Waals surface area contributed by atoms with Gasteiger partial charge in [0.2, 0.25) is 5.88 Å². The van der Waals surface area contributed by atoms with Crippen LogP contribution in [0.4, 0.5) is 0 Å². The van der Waals surface area contributed by atoms with Crippen molar-refractivity contribution in [2.24, 2.45) is 0 Å². The summed E-state index contributed by atoms with van der Waals surface area (Å²) in [6, 6.07) is 14.8. The van der Waals surface area contributed by atoms with Crippen LogP contribution >= 0.6 is 0 Å². The molecule has 2 aromatic heterocycles. The second-order valence-electron chi connectivity index (χ2n) is 5.19. The Labute approximate surface area is 134 Å². The lowest BCUT2D eigenvalue weighted by molar-refractivity contribution is 0.0933. The maximum Gasteiger partial charge on any atom is 0.270 e. The predicted molar refractivity (Wildman–Crippen MR) is 88.4 cm³/mol. The van der Waals surface area contributed by atoms with Gasteiger partial charge in [0.25, 0.3) is 5.91 Å². The number of carbonyl (C=O) groups excluding carboxylic acids is 1. The van der Waals surface area contributed by atoms with Gasteiger partial charge < -0.3 is 10.1 Å². The highest BCUT2D eigenvalue weighted by Gasteiger charge is 2.16. The van der Waals surface area contributed by atoms with E-state index in [-0.39, 0.29) is 11.9 Å². The summed E-state index contributed by atoms with van der Waals surface area (Å²) >= 11 is 0. The van der Waals surface area contributed by atoms with Crippen LogP contribution in [0.25, 0.3) is 10.8 Å². The molecule has 1 amide bonds. The lowest BCUT2D eigenvalue weighted by Crippen LogP contribution is -2.28. The number of benzene rings is 1. The second kappa shape index (κ2) is 6.44. The van der Waals surface area contributed by atoms with Gasteiger partial charge in [-0.25, -0.2) is 4.98 Å². The zero-order valence-corrected chi connectivity index (χ0v) is 13.0. The van der Waals surface area contributed by atoms with Crippen LogP contribution in [0.3, 0.4) is 0 Å². The van der Waals surface area contributed by atoms with E-state index in [0.29, 0.717) is 11.6 Å². The van der Waals surface area contributed by atoms with Crippen LogP contribution < -0.4 is 10.1 Å². The van der Waals surface area contributed by atoms with E-state index in [4.69, 9.17) is 4.74 Å². The van der Waals surface area contributed by atoms with E-state index in [1.807, 2.05) is 49.4 Å². The summed E-state index contributed by atoms with van der Waals surface area (Å²) in [6.07, 6.45) is 1.70. The first-order valence-corrected chi connectivity index (χ1v) is 7.34. The first-order valence-electron chi connectivity index (χ1n) is 7.34. The number of hydrogen-bond acceptors (Lipinski definition) is 4. The first kappa shape index (κ1) is 15.0. The Kier molecular flexibility index (Phi) is 4.19. The molecule has 116 valence electrons. The van der Waals surface area contributed by atoms with Crippen LogP contribution in [0.1, 0.15) is 29.1 Å². The lowest BCUT2D eigenvalue weighted by atomic mass is 10.1. The van der Waals surface area contributed by atoms with E-state index in [0.717, 1.165) is 16.5 Å². The average Bonchev–Trinajstić information content (AvgIpc) is 2.61. The molecule has 23 heavy (non-hydrogen) atoms. The summed E-state index contributed by atoms with van der Waals surface area (Å²) in [6.45, 7) is 1.89. The van der Waals surface area contributed by atoms with Crippen molar-refractivity contribution < 1.29 is 9.53 Å². The maximum atomic E-state index is 12.5. The van der Waals surface area contributed by atoms with E-state index in [9.17, 15) is 4.79 Å². The average molecular weight is 307 g/mol. The third-order valence-corrected chi connectivity index (χ3v) is 3.61. The number of rotatable bonds is 4. The van der Waals surface area contributed by atoms with Crippen molar-refractivity contribution in [3.8, 4) is 5.88 Å². The first-order chi connectivity index (χ1) is 11.2. The SMILES string of the molecule is COc1nc(C(=O)NC(C)c2ccccn2)cc2ccccc12. The number of fused-ring (bicyclic) bond motifs is 1. The summed E-state index contributed by atoms with van der Waals surface area (Å²) in [5.74, 6) is 0.186. The van der Waals surface area contributed by atoms with Crippen LogP contribution in [0.2, 0.25) is 0 Å². The standard InChI is InChI=1S/C18H17N3O2/c1-12(15-9-5-6-10-19-15)20-17(22)16-11-13-7-3-4-8-14(13)18(21-16)23-2/h3-12H,1-2H3,(H,20,22). The fourth-order valence-corrected chi connectivity index (χ4v) is 2.42. The van der Waals surface area contributed by atoms with Gasteiger partial charge in [0, 0.05) is 11.6 Å². The van der Waals surface area contributed by atoms with E-state index in [1.54, 1.807) is 19.4 Å². The number of nitrogens with zero attached hydrogens (tertiary/aromatic N) is 2. The summed E-state index contributed by atoms with van der Waals surface area (Å²) in [5, 5.41) is 4.70. The van der Waals surface area contributed by atoms with Crippen molar-refractivity contribution >= 4 is 16.7 Å². The molecule has 3 aromatic rings. The van der Waals surface area contributed by atoms with E-state index < -0.39 is 0 Å². The fourth-order valence-electron chi connectivity index (χ4n) is 2.42. The number of aromatic nitrogens is 2. The third kappa shape index (κ3) is 3.13. The predicted octanol–water partition coefficient (Wildman–Crippen LogP) is 3.13. The van der Waals surface area contributed by atoms with Crippen LogP contribution in [0.5, 0.6) is 5.88 Å². The summed E-state index contributed by atoms with van der Waals surface area (Å²) in [4.78, 5) is 21.0. The number of carbonyl (C=O) groups is 1. The molecule has 0 aliphatic heterocycles. The topological polar surface area (TPSA) is 64.1 Å². The normalized spacial score (nSPS) is 11.9. The molecule has 0 aliphatic carbocycles. The van der Waals surface area contributed by atoms with Gasteiger partial charge >= 0.3 is 0 Å². The molecule has 0 saturated heterocycles. The van der Waals surface area contributed by atoms with Crippen molar-refractivity contribution in [3.05, 3.63) is 66.1 Å². The van der Waals surface area contributed by atoms with E-state index in [1.165, 1.54) is 0 Å². The van der Waals surface area contributed by atoms with Gasteiger partial charge in [0.15, 0.2) is 0 Å².